The molecule has 23 heavy (non-hydrogen) atoms. The summed E-state index contributed by atoms with van der Waals surface area (Å²) >= 11 is 2.82. The molecule has 2 aromatic carbocycles. The molecular formula is C16H11N3O2S2. The summed E-state index contributed by atoms with van der Waals surface area (Å²) in [7, 11) is 0. The van der Waals surface area contributed by atoms with Crippen LogP contribution in [0.15, 0.2) is 51.2 Å². The molecule has 0 atom stereocenters. The van der Waals surface area contributed by atoms with E-state index in [2.05, 4.69) is 15.5 Å². The van der Waals surface area contributed by atoms with Gasteiger partial charge in [-0.1, -0.05) is 53.4 Å². The maximum Gasteiger partial charge on any atom is 0.293 e. The standard InChI is InChI=1S/C16H11N3O2S2/c1-22-16-19-18-15(23-16)17-14(20)13-8-11-10-5-3-2-4-9(10)6-7-12(11)21-13/h2-8H,1H3,(H,17,18,20). The highest BCUT2D eigenvalue weighted by atomic mass is 32.2. The molecule has 0 aliphatic heterocycles. The molecule has 0 saturated carbocycles. The Morgan fingerprint density at radius 2 is 2.04 bits per heavy atom. The predicted molar refractivity (Wildman–Crippen MR) is 93.4 cm³/mol. The van der Waals surface area contributed by atoms with Crippen LogP contribution in [0.25, 0.3) is 21.7 Å². The van der Waals surface area contributed by atoms with E-state index in [1.165, 1.54) is 23.1 Å². The lowest BCUT2D eigenvalue weighted by molar-refractivity contribution is 0.0998. The van der Waals surface area contributed by atoms with Crippen molar-refractivity contribution in [2.75, 3.05) is 11.6 Å². The topological polar surface area (TPSA) is 68.0 Å². The first-order valence-electron chi connectivity index (χ1n) is 6.85. The number of thioether (sulfide) groups is 1. The van der Waals surface area contributed by atoms with Crippen molar-refractivity contribution in [1.82, 2.24) is 10.2 Å². The van der Waals surface area contributed by atoms with Gasteiger partial charge in [0, 0.05) is 5.39 Å². The molecule has 0 saturated heterocycles. The maximum atomic E-state index is 12.3. The van der Waals surface area contributed by atoms with Gasteiger partial charge in [0.05, 0.1) is 0 Å². The van der Waals surface area contributed by atoms with Crippen molar-refractivity contribution in [3.8, 4) is 0 Å². The largest absolute Gasteiger partial charge is 0.451 e. The molecule has 4 rings (SSSR count). The van der Waals surface area contributed by atoms with Crippen LogP contribution in [0.2, 0.25) is 0 Å². The van der Waals surface area contributed by atoms with Crippen molar-refractivity contribution in [2.24, 2.45) is 0 Å². The van der Waals surface area contributed by atoms with E-state index >= 15 is 0 Å². The lowest BCUT2D eigenvalue weighted by Crippen LogP contribution is -2.10. The van der Waals surface area contributed by atoms with Crippen LogP contribution < -0.4 is 5.32 Å². The number of hydrogen-bond donors (Lipinski definition) is 1. The lowest BCUT2D eigenvalue weighted by atomic mass is 10.1. The Balaban J connectivity index is 1.71. The monoisotopic (exact) mass is 341 g/mol. The number of aromatic nitrogens is 2. The van der Waals surface area contributed by atoms with Crippen molar-refractivity contribution in [3.05, 3.63) is 48.2 Å². The van der Waals surface area contributed by atoms with Gasteiger partial charge in [-0.2, -0.15) is 0 Å². The molecule has 0 aliphatic rings. The average Bonchev–Trinajstić information content (AvgIpc) is 3.21. The smallest absolute Gasteiger partial charge is 0.293 e. The number of carbonyl (C=O) groups is 1. The van der Waals surface area contributed by atoms with Gasteiger partial charge in [-0.3, -0.25) is 10.1 Å². The van der Waals surface area contributed by atoms with Gasteiger partial charge < -0.3 is 4.42 Å². The zero-order valence-corrected chi connectivity index (χ0v) is 13.7. The Morgan fingerprint density at radius 3 is 2.87 bits per heavy atom. The molecule has 0 bridgehead atoms. The van der Waals surface area contributed by atoms with Gasteiger partial charge in [0.15, 0.2) is 10.1 Å². The second-order valence-electron chi connectivity index (χ2n) is 4.84. The molecule has 0 unspecified atom stereocenters. The van der Waals surface area contributed by atoms with Crippen LogP contribution in [-0.2, 0) is 0 Å². The molecular weight excluding hydrogens is 330 g/mol. The summed E-state index contributed by atoms with van der Waals surface area (Å²) in [5.74, 6) is -0.0636. The normalized spacial score (nSPS) is 11.2. The zero-order chi connectivity index (χ0) is 15.8. The minimum absolute atomic E-state index is 0.261. The van der Waals surface area contributed by atoms with Crippen molar-refractivity contribution in [3.63, 3.8) is 0 Å². The van der Waals surface area contributed by atoms with E-state index in [-0.39, 0.29) is 11.7 Å². The SMILES string of the molecule is CSc1nnc(NC(=O)c2cc3c(ccc4ccccc43)o2)s1. The molecule has 0 aliphatic carbocycles. The molecule has 114 valence electrons. The van der Waals surface area contributed by atoms with E-state index in [4.69, 9.17) is 4.42 Å². The van der Waals surface area contributed by atoms with Crippen LogP contribution in [0, 0.1) is 0 Å². The molecule has 0 spiro atoms. The van der Waals surface area contributed by atoms with E-state index < -0.39 is 0 Å². The van der Waals surface area contributed by atoms with Crippen LogP contribution >= 0.6 is 23.1 Å². The molecule has 7 heteroatoms. The summed E-state index contributed by atoms with van der Waals surface area (Å²) in [4.78, 5) is 12.3. The van der Waals surface area contributed by atoms with Crippen molar-refractivity contribution in [2.45, 2.75) is 4.34 Å². The molecule has 0 fully saturated rings. The number of anilines is 1. The summed E-state index contributed by atoms with van der Waals surface area (Å²) in [5.41, 5.74) is 0.691. The zero-order valence-electron chi connectivity index (χ0n) is 12.1. The third kappa shape index (κ3) is 2.58. The summed E-state index contributed by atoms with van der Waals surface area (Å²) in [5, 5.41) is 14.2. The van der Waals surface area contributed by atoms with E-state index in [0.29, 0.717) is 10.7 Å². The van der Waals surface area contributed by atoms with Gasteiger partial charge in [-0.05, 0) is 29.2 Å². The fourth-order valence-corrected chi connectivity index (χ4v) is 3.57. The van der Waals surface area contributed by atoms with Gasteiger partial charge in [-0.15, -0.1) is 10.2 Å². The molecule has 2 heterocycles. The van der Waals surface area contributed by atoms with Crippen molar-refractivity contribution >= 4 is 55.9 Å². The Hall–Kier alpha value is -2.38. The fraction of sp³-hybridized carbons (Fsp3) is 0.0625. The highest BCUT2D eigenvalue weighted by Crippen LogP contribution is 2.29. The predicted octanol–water partition coefficient (Wildman–Crippen LogP) is 4.41. The third-order valence-electron chi connectivity index (χ3n) is 3.45. The molecule has 1 amide bonds. The number of rotatable bonds is 3. The number of benzene rings is 2. The Labute approximate surface area is 139 Å². The molecule has 5 nitrogen and oxygen atoms in total. The van der Waals surface area contributed by atoms with Crippen LogP contribution in [0.3, 0.4) is 0 Å². The number of furan rings is 1. The number of fused-ring (bicyclic) bond motifs is 3. The van der Waals surface area contributed by atoms with Crippen LogP contribution in [-0.4, -0.2) is 22.4 Å². The highest BCUT2D eigenvalue weighted by molar-refractivity contribution is 8.00. The van der Waals surface area contributed by atoms with Crippen LogP contribution in [0.5, 0.6) is 0 Å². The fourth-order valence-electron chi connectivity index (χ4n) is 2.41. The minimum Gasteiger partial charge on any atom is -0.451 e. The summed E-state index contributed by atoms with van der Waals surface area (Å²) in [6.07, 6.45) is 1.91. The number of carbonyl (C=O) groups excluding carboxylic acids is 1. The Kier molecular flexibility index (Phi) is 3.51. The van der Waals surface area contributed by atoms with E-state index in [0.717, 1.165) is 20.5 Å². The Bertz CT molecular complexity index is 1020. The van der Waals surface area contributed by atoms with E-state index in [9.17, 15) is 4.79 Å². The number of amides is 1. The van der Waals surface area contributed by atoms with Gasteiger partial charge in [0.2, 0.25) is 5.13 Å². The first-order chi connectivity index (χ1) is 11.2. The van der Waals surface area contributed by atoms with Crippen molar-refractivity contribution in [1.29, 1.82) is 0 Å². The second-order valence-corrected chi connectivity index (χ2v) is 6.87. The Morgan fingerprint density at radius 1 is 1.17 bits per heavy atom. The summed E-state index contributed by atoms with van der Waals surface area (Å²) < 4.78 is 6.48. The number of nitrogens with one attached hydrogen (secondary N) is 1. The lowest BCUT2D eigenvalue weighted by Gasteiger charge is -1.96. The van der Waals surface area contributed by atoms with Crippen LogP contribution in [0.4, 0.5) is 5.13 Å². The average molecular weight is 341 g/mol. The summed E-state index contributed by atoms with van der Waals surface area (Å²) in [6.45, 7) is 0. The van der Waals surface area contributed by atoms with Crippen LogP contribution in [0.1, 0.15) is 10.6 Å². The van der Waals surface area contributed by atoms with Crippen molar-refractivity contribution < 1.29 is 9.21 Å². The molecule has 1 N–H and O–H groups in total. The minimum atomic E-state index is -0.325. The summed E-state index contributed by atoms with van der Waals surface area (Å²) in [6, 6.07) is 13.6. The molecule has 2 aromatic heterocycles. The van der Waals surface area contributed by atoms with Gasteiger partial charge in [-0.25, -0.2) is 0 Å². The maximum absolute atomic E-state index is 12.3. The molecule has 4 aromatic rings. The quantitative estimate of drug-likeness (QED) is 0.441. The first-order valence-corrected chi connectivity index (χ1v) is 8.89. The van der Waals surface area contributed by atoms with E-state index in [1.807, 2.05) is 42.7 Å². The highest BCUT2D eigenvalue weighted by Gasteiger charge is 2.16. The second kappa shape index (κ2) is 5.68. The van der Waals surface area contributed by atoms with Gasteiger partial charge in [0.25, 0.3) is 5.91 Å². The number of hydrogen-bond acceptors (Lipinski definition) is 6. The van der Waals surface area contributed by atoms with Gasteiger partial charge >= 0.3 is 0 Å². The third-order valence-corrected chi connectivity index (χ3v) is 5.27. The first kappa shape index (κ1) is 14.2. The number of nitrogens with zero attached hydrogens (tertiary/aromatic N) is 2. The van der Waals surface area contributed by atoms with Gasteiger partial charge in [0.1, 0.15) is 5.58 Å². The molecule has 0 radical (unpaired) electrons. The van der Waals surface area contributed by atoms with E-state index in [1.54, 1.807) is 6.07 Å².